The number of benzene rings is 1. The van der Waals surface area contributed by atoms with E-state index in [2.05, 4.69) is 36.5 Å². The van der Waals surface area contributed by atoms with Gasteiger partial charge in [-0.2, -0.15) is 0 Å². The molecule has 3 rings (SSSR count). The molecule has 2 aliphatic rings. The number of fused-ring (bicyclic) bond motifs is 1. The molecule has 1 N–H and O–H groups in total. The maximum Gasteiger partial charge on any atom is 0.0509 e. The van der Waals surface area contributed by atoms with Crippen LogP contribution in [0.25, 0.3) is 0 Å². The van der Waals surface area contributed by atoms with E-state index in [0.717, 1.165) is 19.0 Å². The summed E-state index contributed by atoms with van der Waals surface area (Å²) in [6.07, 6.45) is 1.20. The van der Waals surface area contributed by atoms with Crippen molar-refractivity contribution in [1.29, 1.82) is 0 Å². The summed E-state index contributed by atoms with van der Waals surface area (Å²) in [4.78, 5) is 1.44. The molecule has 17 heavy (non-hydrogen) atoms. The van der Waals surface area contributed by atoms with Gasteiger partial charge in [-0.3, -0.25) is 0 Å². The number of thioether (sulfide) groups is 1. The van der Waals surface area contributed by atoms with E-state index in [-0.39, 0.29) is 0 Å². The van der Waals surface area contributed by atoms with Gasteiger partial charge in [0, 0.05) is 29.3 Å². The fraction of sp³-hybridized carbons (Fsp3) is 0.571. The Balaban J connectivity index is 1.66. The highest BCUT2D eigenvalue weighted by atomic mass is 32.2. The van der Waals surface area contributed by atoms with E-state index < -0.39 is 0 Å². The number of hydrogen-bond acceptors (Lipinski definition) is 3. The fourth-order valence-corrected chi connectivity index (χ4v) is 3.87. The number of hydrogen-bond donors (Lipinski definition) is 1. The van der Waals surface area contributed by atoms with Crippen LogP contribution in [-0.2, 0) is 4.74 Å². The summed E-state index contributed by atoms with van der Waals surface area (Å²) >= 11 is 1.97. The number of ether oxygens (including phenoxy) is 1. The summed E-state index contributed by atoms with van der Waals surface area (Å²) in [5.41, 5.74) is 1.48. The maximum atomic E-state index is 5.47. The van der Waals surface area contributed by atoms with Crippen molar-refractivity contribution in [2.75, 3.05) is 19.0 Å². The molecule has 0 amide bonds. The molecule has 0 bridgehead atoms. The van der Waals surface area contributed by atoms with Crippen LogP contribution in [0.2, 0.25) is 0 Å². The lowest BCUT2D eigenvalue weighted by atomic mass is 9.98. The van der Waals surface area contributed by atoms with Crippen molar-refractivity contribution in [3.63, 3.8) is 0 Å². The summed E-state index contributed by atoms with van der Waals surface area (Å²) in [5.74, 6) is 1.85. The predicted octanol–water partition coefficient (Wildman–Crippen LogP) is 2.85. The zero-order chi connectivity index (χ0) is 11.7. The van der Waals surface area contributed by atoms with Crippen molar-refractivity contribution in [1.82, 2.24) is 5.32 Å². The Hall–Kier alpha value is -0.510. The molecule has 0 radical (unpaired) electrons. The van der Waals surface area contributed by atoms with Crippen LogP contribution in [0.5, 0.6) is 0 Å². The fourth-order valence-electron chi connectivity index (χ4n) is 2.70. The van der Waals surface area contributed by atoms with Crippen molar-refractivity contribution in [3.05, 3.63) is 29.8 Å². The van der Waals surface area contributed by atoms with Gasteiger partial charge < -0.3 is 10.1 Å². The largest absolute Gasteiger partial charge is 0.381 e. The molecule has 2 heterocycles. The summed E-state index contributed by atoms with van der Waals surface area (Å²) in [5, 5.41) is 3.78. The third-order valence-corrected chi connectivity index (χ3v) is 5.02. The van der Waals surface area contributed by atoms with Crippen LogP contribution in [-0.4, -0.2) is 25.0 Å². The maximum absolute atomic E-state index is 5.47. The minimum Gasteiger partial charge on any atom is -0.381 e. The quantitative estimate of drug-likeness (QED) is 0.890. The molecule has 1 aromatic rings. The molecule has 1 saturated heterocycles. The van der Waals surface area contributed by atoms with Crippen LogP contribution in [0, 0.1) is 5.92 Å². The zero-order valence-electron chi connectivity index (χ0n) is 10.2. The molecule has 3 unspecified atom stereocenters. The highest BCUT2D eigenvalue weighted by Gasteiger charge is 2.28. The van der Waals surface area contributed by atoms with Gasteiger partial charge in [-0.05, 0) is 30.9 Å². The lowest BCUT2D eigenvalue weighted by Crippen LogP contribution is -2.36. The van der Waals surface area contributed by atoms with Gasteiger partial charge in [-0.1, -0.05) is 18.2 Å². The van der Waals surface area contributed by atoms with E-state index in [9.17, 15) is 0 Å². The van der Waals surface area contributed by atoms with Crippen molar-refractivity contribution in [3.8, 4) is 0 Å². The van der Waals surface area contributed by atoms with Crippen molar-refractivity contribution >= 4 is 11.8 Å². The predicted molar refractivity (Wildman–Crippen MR) is 71.4 cm³/mol. The van der Waals surface area contributed by atoms with E-state index in [1.807, 2.05) is 11.8 Å². The monoisotopic (exact) mass is 249 g/mol. The average molecular weight is 249 g/mol. The Morgan fingerprint density at radius 3 is 3.12 bits per heavy atom. The normalized spacial score (nSPS) is 29.2. The summed E-state index contributed by atoms with van der Waals surface area (Å²) in [6.45, 7) is 4.16. The SMILES string of the molecule is CC(NC1CSc2ccccc21)C1CCOC1. The van der Waals surface area contributed by atoms with Gasteiger partial charge in [0.1, 0.15) is 0 Å². The Labute approximate surface area is 107 Å². The van der Waals surface area contributed by atoms with Crippen LogP contribution < -0.4 is 5.32 Å². The highest BCUT2D eigenvalue weighted by Crippen LogP contribution is 2.38. The lowest BCUT2D eigenvalue weighted by molar-refractivity contribution is 0.177. The van der Waals surface area contributed by atoms with Crippen LogP contribution in [0.4, 0.5) is 0 Å². The smallest absolute Gasteiger partial charge is 0.0509 e. The van der Waals surface area contributed by atoms with Gasteiger partial charge in [-0.15, -0.1) is 11.8 Å². The first-order valence-electron chi connectivity index (χ1n) is 6.40. The van der Waals surface area contributed by atoms with Crippen LogP contribution in [0.3, 0.4) is 0 Å². The first-order valence-corrected chi connectivity index (χ1v) is 7.38. The van der Waals surface area contributed by atoms with Crippen molar-refractivity contribution in [2.24, 2.45) is 5.92 Å². The second-order valence-electron chi connectivity index (χ2n) is 4.98. The molecule has 1 aromatic carbocycles. The van der Waals surface area contributed by atoms with E-state index in [4.69, 9.17) is 4.74 Å². The average Bonchev–Trinajstić information content (AvgIpc) is 2.98. The topological polar surface area (TPSA) is 21.3 Å². The molecule has 3 heteroatoms. The summed E-state index contributed by atoms with van der Waals surface area (Å²) in [7, 11) is 0. The Kier molecular flexibility index (Phi) is 3.41. The van der Waals surface area contributed by atoms with Gasteiger partial charge in [0.2, 0.25) is 0 Å². The number of rotatable bonds is 3. The van der Waals surface area contributed by atoms with Crippen LogP contribution in [0.1, 0.15) is 24.9 Å². The van der Waals surface area contributed by atoms with E-state index in [0.29, 0.717) is 18.0 Å². The molecule has 0 spiro atoms. The molecule has 0 saturated carbocycles. The second kappa shape index (κ2) is 5.01. The minimum atomic E-state index is 0.520. The second-order valence-corrected chi connectivity index (χ2v) is 6.04. The lowest BCUT2D eigenvalue weighted by Gasteiger charge is -2.24. The molecular weight excluding hydrogens is 230 g/mol. The molecule has 1 fully saturated rings. The van der Waals surface area contributed by atoms with Gasteiger partial charge in [0.15, 0.2) is 0 Å². The van der Waals surface area contributed by atoms with Gasteiger partial charge in [0.25, 0.3) is 0 Å². The van der Waals surface area contributed by atoms with E-state index in [1.165, 1.54) is 16.9 Å². The standard InChI is InChI=1S/C14H19NOS/c1-10(11-6-7-16-8-11)15-13-9-17-14-5-3-2-4-12(13)14/h2-5,10-11,13,15H,6-9H2,1H3. The van der Waals surface area contributed by atoms with Crippen molar-refractivity contribution in [2.45, 2.75) is 30.3 Å². The minimum absolute atomic E-state index is 0.520. The van der Waals surface area contributed by atoms with Crippen LogP contribution in [0.15, 0.2) is 29.2 Å². The Bertz CT molecular complexity index is 390. The van der Waals surface area contributed by atoms with Crippen LogP contribution >= 0.6 is 11.8 Å². The third kappa shape index (κ3) is 2.37. The van der Waals surface area contributed by atoms with E-state index >= 15 is 0 Å². The summed E-state index contributed by atoms with van der Waals surface area (Å²) < 4.78 is 5.47. The van der Waals surface area contributed by atoms with Gasteiger partial charge >= 0.3 is 0 Å². The Morgan fingerprint density at radius 2 is 2.29 bits per heavy atom. The Morgan fingerprint density at radius 1 is 1.41 bits per heavy atom. The van der Waals surface area contributed by atoms with Gasteiger partial charge in [-0.25, -0.2) is 0 Å². The van der Waals surface area contributed by atoms with Gasteiger partial charge in [0.05, 0.1) is 6.61 Å². The first-order chi connectivity index (χ1) is 8.34. The van der Waals surface area contributed by atoms with E-state index in [1.54, 1.807) is 0 Å². The number of nitrogens with one attached hydrogen (secondary N) is 1. The molecule has 2 nitrogen and oxygen atoms in total. The molecule has 0 aromatic heterocycles. The molecule has 0 aliphatic carbocycles. The van der Waals surface area contributed by atoms with Crippen molar-refractivity contribution < 1.29 is 4.74 Å². The third-order valence-electron chi connectivity index (χ3n) is 3.84. The first kappa shape index (κ1) is 11.6. The molecular formula is C14H19NOS. The summed E-state index contributed by atoms with van der Waals surface area (Å²) in [6, 6.07) is 9.82. The molecule has 2 aliphatic heterocycles. The highest BCUT2D eigenvalue weighted by molar-refractivity contribution is 7.99. The molecule has 3 atom stereocenters. The molecule has 92 valence electrons. The zero-order valence-corrected chi connectivity index (χ0v) is 11.0.